The second kappa shape index (κ2) is 6.49. The molecule has 106 valence electrons. The highest BCUT2D eigenvalue weighted by atomic mass is 19.2. The molecule has 0 aliphatic carbocycles. The Morgan fingerprint density at radius 1 is 0.789 bits per heavy atom. The topological polar surface area (TPSA) is 37.3 Å². The molecule has 0 radical (unpaired) electrons. The van der Waals surface area contributed by atoms with E-state index in [1.165, 1.54) is 0 Å². The molecule has 0 aliphatic heterocycles. The molecule has 0 aliphatic rings. The van der Waals surface area contributed by atoms with E-state index in [1.807, 2.05) is 0 Å². The van der Waals surface area contributed by atoms with Crippen molar-refractivity contribution in [2.24, 2.45) is 0 Å². The van der Waals surface area contributed by atoms with Gasteiger partial charge in [0.05, 0.1) is 0 Å². The number of benzene rings is 1. The largest absolute Gasteiger partial charge is 0.481 e. The van der Waals surface area contributed by atoms with E-state index in [0.717, 1.165) is 0 Å². The fourth-order valence-electron chi connectivity index (χ4n) is 1.62. The average Bonchev–Trinajstić information content (AvgIpc) is 2.37. The predicted molar refractivity (Wildman–Crippen MR) is 56.0 cm³/mol. The Morgan fingerprint density at radius 3 is 1.74 bits per heavy atom. The minimum Gasteiger partial charge on any atom is -0.481 e. The molecule has 1 rings (SSSR count). The molecule has 1 aromatic rings. The van der Waals surface area contributed by atoms with E-state index in [-0.39, 0.29) is 25.7 Å². The van der Waals surface area contributed by atoms with Crippen LogP contribution in [0.15, 0.2) is 0 Å². The van der Waals surface area contributed by atoms with Gasteiger partial charge in [-0.25, -0.2) is 22.0 Å². The molecule has 0 spiro atoms. The summed E-state index contributed by atoms with van der Waals surface area (Å²) in [5.41, 5.74) is -0.855. The van der Waals surface area contributed by atoms with Gasteiger partial charge in [0.25, 0.3) is 0 Å². The zero-order valence-electron chi connectivity index (χ0n) is 9.78. The van der Waals surface area contributed by atoms with Crippen LogP contribution in [0.2, 0.25) is 0 Å². The number of halogens is 5. The van der Waals surface area contributed by atoms with Crippen molar-refractivity contribution < 1.29 is 31.9 Å². The van der Waals surface area contributed by atoms with Gasteiger partial charge in [-0.05, 0) is 19.3 Å². The number of hydrogen-bond acceptors (Lipinski definition) is 1. The van der Waals surface area contributed by atoms with Gasteiger partial charge in [0.2, 0.25) is 5.82 Å². The van der Waals surface area contributed by atoms with Gasteiger partial charge in [-0.2, -0.15) is 0 Å². The van der Waals surface area contributed by atoms with Gasteiger partial charge in [0.15, 0.2) is 23.3 Å². The van der Waals surface area contributed by atoms with Gasteiger partial charge in [-0.15, -0.1) is 0 Å². The zero-order valence-corrected chi connectivity index (χ0v) is 9.78. The summed E-state index contributed by atoms with van der Waals surface area (Å²) in [6.45, 7) is 0. The number of carboxylic acid groups (broad SMARTS) is 1. The van der Waals surface area contributed by atoms with Crippen LogP contribution in [0.1, 0.15) is 31.2 Å². The first-order chi connectivity index (χ1) is 8.86. The first-order valence-corrected chi connectivity index (χ1v) is 5.58. The van der Waals surface area contributed by atoms with Crippen molar-refractivity contribution in [1.29, 1.82) is 0 Å². The molecule has 0 saturated carbocycles. The Balaban J connectivity index is 2.71. The highest BCUT2D eigenvalue weighted by molar-refractivity contribution is 5.66. The summed E-state index contributed by atoms with van der Waals surface area (Å²) < 4.78 is 64.9. The molecule has 0 saturated heterocycles. The zero-order chi connectivity index (χ0) is 14.6. The van der Waals surface area contributed by atoms with Crippen LogP contribution in [-0.4, -0.2) is 11.1 Å². The fraction of sp³-hybridized carbons (Fsp3) is 0.417. The van der Waals surface area contributed by atoms with E-state index < -0.39 is 40.6 Å². The van der Waals surface area contributed by atoms with Gasteiger partial charge < -0.3 is 5.11 Å². The quantitative estimate of drug-likeness (QED) is 0.375. The summed E-state index contributed by atoms with van der Waals surface area (Å²) in [6, 6.07) is 0. The number of rotatable bonds is 6. The second-order valence-corrected chi connectivity index (χ2v) is 4.00. The number of unbranched alkanes of at least 4 members (excludes halogenated alkanes) is 2. The van der Waals surface area contributed by atoms with Crippen molar-refractivity contribution in [3.05, 3.63) is 34.6 Å². The van der Waals surface area contributed by atoms with Crippen LogP contribution in [0, 0.1) is 29.1 Å². The van der Waals surface area contributed by atoms with E-state index >= 15 is 0 Å². The summed E-state index contributed by atoms with van der Waals surface area (Å²) >= 11 is 0. The molecular formula is C12H11F5O2. The van der Waals surface area contributed by atoms with Gasteiger partial charge in [0.1, 0.15) is 0 Å². The van der Waals surface area contributed by atoms with Gasteiger partial charge in [-0.1, -0.05) is 6.42 Å². The third-order valence-electron chi connectivity index (χ3n) is 2.62. The highest BCUT2D eigenvalue weighted by Crippen LogP contribution is 2.24. The molecule has 1 N–H and O–H groups in total. The summed E-state index contributed by atoms with van der Waals surface area (Å²) in [5, 5.41) is 8.36. The van der Waals surface area contributed by atoms with E-state index in [4.69, 9.17) is 5.11 Å². The highest BCUT2D eigenvalue weighted by Gasteiger charge is 2.24. The van der Waals surface area contributed by atoms with E-state index in [0.29, 0.717) is 6.42 Å². The number of carbonyl (C=O) groups is 1. The summed E-state index contributed by atoms with van der Waals surface area (Å²) in [4.78, 5) is 10.2. The van der Waals surface area contributed by atoms with Crippen molar-refractivity contribution in [3.63, 3.8) is 0 Å². The lowest BCUT2D eigenvalue weighted by Crippen LogP contribution is -2.07. The van der Waals surface area contributed by atoms with E-state index in [1.54, 1.807) is 0 Å². The summed E-state index contributed by atoms with van der Waals surface area (Å²) in [5.74, 6) is -10.7. The third-order valence-corrected chi connectivity index (χ3v) is 2.62. The first kappa shape index (κ1) is 15.4. The van der Waals surface area contributed by atoms with Crippen molar-refractivity contribution in [2.75, 3.05) is 0 Å². The molecule has 0 bridgehead atoms. The van der Waals surface area contributed by atoms with Gasteiger partial charge >= 0.3 is 5.97 Å². The van der Waals surface area contributed by atoms with Crippen LogP contribution in [-0.2, 0) is 11.2 Å². The maximum absolute atomic E-state index is 13.2. The van der Waals surface area contributed by atoms with Gasteiger partial charge in [0, 0.05) is 12.0 Å². The molecule has 2 nitrogen and oxygen atoms in total. The van der Waals surface area contributed by atoms with E-state index in [2.05, 4.69) is 0 Å². The molecule has 0 unspecified atom stereocenters. The molecule has 1 aromatic carbocycles. The number of hydrogen-bond donors (Lipinski definition) is 1. The van der Waals surface area contributed by atoms with Gasteiger partial charge in [-0.3, -0.25) is 4.79 Å². The third kappa shape index (κ3) is 3.65. The Hall–Kier alpha value is -1.66. The predicted octanol–water partition coefficient (Wildman–Crippen LogP) is 3.57. The Labute approximate surface area is 105 Å². The van der Waals surface area contributed by atoms with Crippen LogP contribution in [0.5, 0.6) is 0 Å². The second-order valence-electron chi connectivity index (χ2n) is 4.00. The molecule has 0 atom stereocenters. The molecule has 0 aromatic heterocycles. The summed E-state index contributed by atoms with van der Waals surface area (Å²) in [6.07, 6.45) is 0.324. The minimum absolute atomic E-state index is 0.100. The van der Waals surface area contributed by atoms with Crippen LogP contribution < -0.4 is 0 Å². The monoisotopic (exact) mass is 282 g/mol. The summed E-state index contributed by atoms with van der Waals surface area (Å²) in [7, 11) is 0. The lowest BCUT2D eigenvalue weighted by Gasteiger charge is -2.07. The SMILES string of the molecule is O=C(O)CCCCCc1c(F)c(F)c(F)c(F)c1F. The smallest absolute Gasteiger partial charge is 0.303 e. The standard InChI is InChI=1S/C12H11F5O2/c13-8-6(4-2-1-3-5-7(18)19)9(14)11(16)12(17)10(8)15/h1-5H2,(H,18,19). The lowest BCUT2D eigenvalue weighted by atomic mass is 10.0. The maximum Gasteiger partial charge on any atom is 0.303 e. The van der Waals surface area contributed by atoms with Crippen LogP contribution in [0.25, 0.3) is 0 Å². The Kier molecular flexibility index (Phi) is 5.26. The van der Waals surface area contributed by atoms with Crippen molar-refractivity contribution >= 4 is 5.97 Å². The van der Waals surface area contributed by atoms with Crippen LogP contribution in [0.3, 0.4) is 0 Å². The minimum atomic E-state index is -2.18. The molecule has 0 amide bonds. The molecule has 7 heteroatoms. The van der Waals surface area contributed by atoms with Crippen LogP contribution in [0.4, 0.5) is 22.0 Å². The first-order valence-electron chi connectivity index (χ1n) is 5.58. The normalized spacial score (nSPS) is 10.8. The Bertz CT molecular complexity index is 458. The Morgan fingerprint density at radius 2 is 1.26 bits per heavy atom. The average molecular weight is 282 g/mol. The molecule has 19 heavy (non-hydrogen) atoms. The van der Waals surface area contributed by atoms with Crippen LogP contribution >= 0.6 is 0 Å². The fourth-order valence-corrected chi connectivity index (χ4v) is 1.62. The molecule has 0 fully saturated rings. The van der Waals surface area contributed by atoms with E-state index in [9.17, 15) is 26.7 Å². The molecule has 0 heterocycles. The maximum atomic E-state index is 13.2. The number of carboxylic acids is 1. The molecular weight excluding hydrogens is 271 g/mol. The van der Waals surface area contributed by atoms with Crippen molar-refractivity contribution in [3.8, 4) is 0 Å². The van der Waals surface area contributed by atoms with Crippen molar-refractivity contribution in [1.82, 2.24) is 0 Å². The van der Waals surface area contributed by atoms with Crippen molar-refractivity contribution in [2.45, 2.75) is 32.1 Å². The lowest BCUT2D eigenvalue weighted by molar-refractivity contribution is -0.137. The number of aliphatic carboxylic acids is 1.